The van der Waals surface area contributed by atoms with E-state index in [9.17, 15) is 8.42 Å². The van der Waals surface area contributed by atoms with Crippen molar-refractivity contribution in [3.8, 4) is 5.75 Å². The van der Waals surface area contributed by atoms with Crippen molar-refractivity contribution in [2.24, 2.45) is 0 Å². The molecule has 170 valence electrons. The van der Waals surface area contributed by atoms with Crippen molar-refractivity contribution >= 4 is 39.7 Å². The average molecular weight is 493 g/mol. The number of sulfonamides is 1. The van der Waals surface area contributed by atoms with E-state index in [4.69, 9.17) is 16.3 Å². The zero-order valence-corrected chi connectivity index (χ0v) is 20.1. The van der Waals surface area contributed by atoms with Gasteiger partial charge in [-0.3, -0.25) is 4.72 Å². The quantitative estimate of drug-likeness (QED) is 0.515. The lowest BCUT2D eigenvalue weighted by Crippen LogP contribution is -2.20. The van der Waals surface area contributed by atoms with E-state index in [0.717, 1.165) is 31.5 Å². The van der Waals surface area contributed by atoms with Gasteiger partial charge in [0, 0.05) is 23.8 Å². The van der Waals surface area contributed by atoms with Crippen molar-refractivity contribution in [3.05, 3.63) is 88.4 Å². The van der Waals surface area contributed by atoms with Gasteiger partial charge in [0.2, 0.25) is 0 Å². The molecule has 0 aromatic heterocycles. The van der Waals surface area contributed by atoms with Crippen LogP contribution in [0.2, 0.25) is 5.02 Å². The van der Waals surface area contributed by atoms with Crippen LogP contribution >= 0.6 is 24.0 Å². The standard InChI is InChI=1S/C24H25ClN2O3S.ClH/c1-27-14-12-19-4-7-22(16-20(19)13-15-27)26-31(28,29)24-10-2-18(3-11-24)17-30-23-8-5-21(25)6-9-23;/h2-11,16,26H,12-15,17H2,1H3;1H. The van der Waals surface area contributed by atoms with Gasteiger partial charge in [0.15, 0.2) is 0 Å². The Kier molecular flexibility index (Phi) is 8.06. The fourth-order valence-corrected chi connectivity index (χ4v) is 4.75. The zero-order chi connectivity index (χ0) is 21.8. The Hall–Kier alpha value is -2.25. The van der Waals surface area contributed by atoms with E-state index in [-0.39, 0.29) is 17.3 Å². The average Bonchev–Trinajstić information content (AvgIpc) is 2.95. The first-order chi connectivity index (χ1) is 14.9. The molecular weight excluding hydrogens is 467 g/mol. The van der Waals surface area contributed by atoms with Gasteiger partial charge in [-0.1, -0.05) is 29.8 Å². The van der Waals surface area contributed by atoms with E-state index >= 15 is 0 Å². The van der Waals surface area contributed by atoms with Crippen molar-refractivity contribution < 1.29 is 13.2 Å². The molecule has 0 spiro atoms. The Labute approximate surface area is 200 Å². The molecule has 0 amide bonds. The van der Waals surface area contributed by atoms with Crippen LogP contribution in [0.4, 0.5) is 5.69 Å². The number of hydrogen-bond donors (Lipinski definition) is 1. The summed E-state index contributed by atoms with van der Waals surface area (Å²) in [6.07, 6.45) is 1.90. The number of nitrogens with one attached hydrogen (secondary N) is 1. The highest BCUT2D eigenvalue weighted by Crippen LogP contribution is 2.23. The first-order valence-corrected chi connectivity index (χ1v) is 12.1. The number of rotatable bonds is 6. The van der Waals surface area contributed by atoms with Crippen LogP contribution in [0.1, 0.15) is 16.7 Å². The van der Waals surface area contributed by atoms with Crippen LogP contribution in [0.25, 0.3) is 0 Å². The normalized spacial score (nSPS) is 14.1. The summed E-state index contributed by atoms with van der Waals surface area (Å²) in [7, 11) is -1.55. The van der Waals surface area contributed by atoms with E-state index in [2.05, 4.69) is 16.7 Å². The molecule has 1 N–H and O–H groups in total. The van der Waals surface area contributed by atoms with Gasteiger partial charge in [-0.15, -0.1) is 12.4 Å². The predicted molar refractivity (Wildman–Crippen MR) is 132 cm³/mol. The van der Waals surface area contributed by atoms with Gasteiger partial charge in [-0.05, 0) is 85.1 Å². The molecule has 32 heavy (non-hydrogen) atoms. The van der Waals surface area contributed by atoms with Gasteiger partial charge >= 0.3 is 0 Å². The fourth-order valence-electron chi connectivity index (χ4n) is 3.58. The van der Waals surface area contributed by atoms with Crippen LogP contribution in [0, 0.1) is 0 Å². The molecule has 0 bridgehead atoms. The minimum atomic E-state index is -3.66. The number of likely N-dealkylation sites (N-methyl/N-ethyl adjacent to an activating group) is 1. The van der Waals surface area contributed by atoms with Gasteiger partial charge < -0.3 is 9.64 Å². The number of benzene rings is 3. The van der Waals surface area contributed by atoms with Crippen molar-refractivity contribution in [1.29, 1.82) is 0 Å². The maximum Gasteiger partial charge on any atom is 0.261 e. The Morgan fingerprint density at radius 1 is 0.938 bits per heavy atom. The van der Waals surface area contributed by atoms with Crippen molar-refractivity contribution in [1.82, 2.24) is 4.90 Å². The third-order valence-corrected chi connectivity index (χ3v) is 7.09. The first kappa shape index (κ1) is 24.4. The third kappa shape index (κ3) is 6.17. The van der Waals surface area contributed by atoms with E-state index < -0.39 is 10.0 Å². The highest BCUT2D eigenvalue weighted by Gasteiger charge is 2.16. The van der Waals surface area contributed by atoms with Crippen LogP contribution in [0.5, 0.6) is 5.75 Å². The van der Waals surface area contributed by atoms with Gasteiger partial charge in [0.05, 0.1) is 4.90 Å². The fraction of sp³-hybridized carbons (Fsp3) is 0.250. The molecule has 1 aliphatic rings. The topological polar surface area (TPSA) is 58.6 Å². The molecule has 1 aliphatic heterocycles. The lowest BCUT2D eigenvalue weighted by atomic mass is 10.0. The molecule has 1 heterocycles. The summed E-state index contributed by atoms with van der Waals surface area (Å²) in [5, 5.41) is 0.649. The molecule has 3 aromatic carbocycles. The molecule has 3 aromatic rings. The maximum absolute atomic E-state index is 12.8. The summed E-state index contributed by atoms with van der Waals surface area (Å²) in [6.45, 7) is 2.34. The second kappa shape index (κ2) is 10.6. The summed E-state index contributed by atoms with van der Waals surface area (Å²) in [6, 6.07) is 19.7. The monoisotopic (exact) mass is 492 g/mol. The SMILES string of the molecule is CN1CCc2ccc(NS(=O)(=O)c3ccc(COc4ccc(Cl)cc4)cc3)cc2CC1.Cl. The van der Waals surface area contributed by atoms with Crippen molar-refractivity contribution in [3.63, 3.8) is 0 Å². The summed E-state index contributed by atoms with van der Waals surface area (Å²) in [5.41, 5.74) is 3.97. The lowest BCUT2D eigenvalue weighted by Gasteiger charge is -2.12. The summed E-state index contributed by atoms with van der Waals surface area (Å²) >= 11 is 5.87. The first-order valence-electron chi connectivity index (χ1n) is 10.2. The minimum absolute atomic E-state index is 0. The second-order valence-corrected chi connectivity index (χ2v) is 9.90. The Morgan fingerprint density at radius 3 is 2.28 bits per heavy atom. The Balaban J connectivity index is 0.00000289. The van der Waals surface area contributed by atoms with E-state index in [0.29, 0.717) is 23.1 Å². The van der Waals surface area contributed by atoms with E-state index in [1.54, 1.807) is 48.5 Å². The van der Waals surface area contributed by atoms with Crippen molar-refractivity contribution in [2.75, 3.05) is 24.9 Å². The smallest absolute Gasteiger partial charge is 0.261 e. The van der Waals surface area contributed by atoms with Gasteiger partial charge in [0.1, 0.15) is 12.4 Å². The largest absolute Gasteiger partial charge is 0.489 e. The van der Waals surface area contributed by atoms with E-state index in [1.807, 2.05) is 18.2 Å². The molecule has 5 nitrogen and oxygen atoms in total. The number of nitrogens with zero attached hydrogens (tertiary/aromatic N) is 1. The molecule has 0 saturated heterocycles. The summed E-state index contributed by atoms with van der Waals surface area (Å²) < 4.78 is 34.1. The second-order valence-electron chi connectivity index (χ2n) is 7.78. The summed E-state index contributed by atoms with van der Waals surface area (Å²) in [4.78, 5) is 2.51. The number of fused-ring (bicyclic) bond motifs is 1. The molecule has 0 unspecified atom stereocenters. The molecule has 4 rings (SSSR count). The van der Waals surface area contributed by atoms with Crippen LogP contribution < -0.4 is 9.46 Å². The van der Waals surface area contributed by atoms with Gasteiger partial charge in [0.25, 0.3) is 10.0 Å². The maximum atomic E-state index is 12.8. The molecule has 0 saturated carbocycles. The number of ether oxygens (including phenoxy) is 1. The molecule has 0 radical (unpaired) electrons. The van der Waals surface area contributed by atoms with Crippen LogP contribution in [-0.2, 0) is 29.5 Å². The van der Waals surface area contributed by atoms with Crippen LogP contribution in [-0.4, -0.2) is 33.5 Å². The Bertz CT molecular complexity index is 1150. The third-order valence-electron chi connectivity index (χ3n) is 5.44. The molecule has 8 heteroatoms. The highest BCUT2D eigenvalue weighted by atomic mass is 35.5. The molecular formula is C24H26Cl2N2O3S. The molecule has 0 atom stereocenters. The summed E-state index contributed by atoms with van der Waals surface area (Å²) in [5.74, 6) is 0.706. The minimum Gasteiger partial charge on any atom is -0.489 e. The van der Waals surface area contributed by atoms with Gasteiger partial charge in [-0.25, -0.2) is 8.42 Å². The molecule has 0 aliphatic carbocycles. The predicted octanol–water partition coefficient (Wildman–Crippen LogP) is 5.17. The van der Waals surface area contributed by atoms with Crippen molar-refractivity contribution in [2.45, 2.75) is 24.3 Å². The highest BCUT2D eigenvalue weighted by molar-refractivity contribution is 7.92. The number of halogens is 2. The number of anilines is 1. The lowest BCUT2D eigenvalue weighted by molar-refractivity contribution is 0.306. The Morgan fingerprint density at radius 2 is 1.59 bits per heavy atom. The van der Waals surface area contributed by atoms with Crippen LogP contribution in [0.15, 0.2) is 71.6 Å². The van der Waals surface area contributed by atoms with E-state index in [1.165, 1.54) is 11.1 Å². The molecule has 0 fully saturated rings. The zero-order valence-electron chi connectivity index (χ0n) is 17.8. The van der Waals surface area contributed by atoms with Crippen LogP contribution in [0.3, 0.4) is 0 Å². The number of hydrogen-bond acceptors (Lipinski definition) is 4. The van der Waals surface area contributed by atoms with Gasteiger partial charge in [-0.2, -0.15) is 0 Å².